The van der Waals surface area contributed by atoms with Gasteiger partial charge in [-0.25, -0.2) is 0 Å². The molecule has 0 aliphatic carbocycles. The van der Waals surface area contributed by atoms with Gasteiger partial charge in [0, 0.05) is 30.6 Å². The highest BCUT2D eigenvalue weighted by molar-refractivity contribution is 5.39. The molecule has 2 aliphatic heterocycles. The van der Waals surface area contributed by atoms with Crippen LogP contribution in [0.15, 0.2) is 24.3 Å². The van der Waals surface area contributed by atoms with E-state index >= 15 is 0 Å². The van der Waals surface area contributed by atoms with E-state index in [1.54, 1.807) is 0 Å². The van der Waals surface area contributed by atoms with Crippen molar-refractivity contribution in [1.29, 1.82) is 0 Å². The number of nitrogens with zero attached hydrogens (tertiary/aromatic N) is 1. The van der Waals surface area contributed by atoms with Crippen molar-refractivity contribution in [2.24, 2.45) is 0 Å². The number of para-hydroxylation sites is 1. The first-order chi connectivity index (χ1) is 9.36. The van der Waals surface area contributed by atoms with Crippen molar-refractivity contribution in [3.63, 3.8) is 0 Å². The van der Waals surface area contributed by atoms with Gasteiger partial charge in [0.05, 0.1) is 6.61 Å². The zero-order chi connectivity index (χ0) is 13.1. The van der Waals surface area contributed by atoms with Gasteiger partial charge in [0.15, 0.2) is 0 Å². The van der Waals surface area contributed by atoms with Crippen molar-refractivity contribution in [2.45, 2.75) is 31.7 Å². The van der Waals surface area contributed by atoms with Crippen molar-refractivity contribution in [3.05, 3.63) is 29.8 Å². The number of hydrogen-bond acceptors (Lipinski definition) is 3. The fraction of sp³-hybridized carbons (Fsp3) is 0.625. The fourth-order valence-electron chi connectivity index (χ4n) is 3.37. The molecule has 104 valence electrons. The maximum absolute atomic E-state index is 5.78. The second kappa shape index (κ2) is 5.93. The quantitative estimate of drug-likeness (QED) is 0.898. The Morgan fingerprint density at radius 1 is 1.37 bits per heavy atom. The van der Waals surface area contributed by atoms with Crippen LogP contribution in [0.25, 0.3) is 0 Å². The largest absolute Gasteiger partial charge is 0.493 e. The van der Waals surface area contributed by atoms with Crippen LogP contribution in [0.3, 0.4) is 0 Å². The summed E-state index contributed by atoms with van der Waals surface area (Å²) in [7, 11) is 0. The fourth-order valence-corrected chi connectivity index (χ4v) is 3.37. The Kier molecular flexibility index (Phi) is 4.04. The van der Waals surface area contributed by atoms with Crippen molar-refractivity contribution < 1.29 is 4.74 Å². The van der Waals surface area contributed by atoms with Crippen LogP contribution in [0, 0.1) is 0 Å². The zero-order valence-electron chi connectivity index (χ0n) is 11.8. The lowest BCUT2D eigenvalue weighted by atomic mass is 9.98. The Hall–Kier alpha value is -1.06. The Bertz CT molecular complexity index is 419. The lowest BCUT2D eigenvalue weighted by Gasteiger charge is -2.34. The molecule has 0 amide bonds. The van der Waals surface area contributed by atoms with E-state index < -0.39 is 0 Å². The number of benzene rings is 1. The lowest BCUT2D eigenvalue weighted by Crippen LogP contribution is -2.46. The molecule has 1 aromatic rings. The first-order valence-electron chi connectivity index (χ1n) is 7.54. The second-order valence-electron chi connectivity index (χ2n) is 5.70. The molecule has 0 aromatic heterocycles. The summed E-state index contributed by atoms with van der Waals surface area (Å²) >= 11 is 0. The van der Waals surface area contributed by atoms with E-state index in [2.05, 4.69) is 41.4 Å². The molecule has 2 atom stereocenters. The van der Waals surface area contributed by atoms with E-state index in [0.29, 0.717) is 12.0 Å². The van der Waals surface area contributed by atoms with Gasteiger partial charge in [-0.1, -0.05) is 25.1 Å². The summed E-state index contributed by atoms with van der Waals surface area (Å²) in [6.07, 6.45) is 2.63. The summed E-state index contributed by atoms with van der Waals surface area (Å²) in [6.45, 7) is 7.68. The maximum atomic E-state index is 5.78. The molecular formula is C16H24N2O. The average molecular weight is 260 g/mol. The molecule has 1 N–H and O–H groups in total. The van der Waals surface area contributed by atoms with Crippen molar-refractivity contribution in [1.82, 2.24) is 10.2 Å². The van der Waals surface area contributed by atoms with E-state index in [-0.39, 0.29) is 0 Å². The van der Waals surface area contributed by atoms with E-state index in [1.807, 2.05) is 0 Å². The van der Waals surface area contributed by atoms with Gasteiger partial charge in [-0.3, -0.25) is 0 Å². The second-order valence-corrected chi connectivity index (χ2v) is 5.70. The van der Waals surface area contributed by atoms with Crippen LogP contribution in [0.4, 0.5) is 0 Å². The van der Waals surface area contributed by atoms with Crippen LogP contribution in [0.5, 0.6) is 5.75 Å². The minimum atomic E-state index is 0.552. The smallest absolute Gasteiger partial charge is 0.122 e. The van der Waals surface area contributed by atoms with E-state index in [0.717, 1.165) is 25.4 Å². The monoisotopic (exact) mass is 260 g/mol. The minimum Gasteiger partial charge on any atom is -0.493 e. The van der Waals surface area contributed by atoms with Crippen molar-refractivity contribution in [2.75, 3.05) is 32.8 Å². The van der Waals surface area contributed by atoms with Gasteiger partial charge in [0.2, 0.25) is 0 Å². The topological polar surface area (TPSA) is 24.5 Å². The summed E-state index contributed by atoms with van der Waals surface area (Å²) in [6, 6.07) is 9.17. The molecule has 2 aliphatic rings. The van der Waals surface area contributed by atoms with Crippen molar-refractivity contribution >= 4 is 0 Å². The molecule has 19 heavy (non-hydrogen) atoms. The Morgan fingerprint density at radius 2 is 2.26 bits per heavy atom. The molecule has 0 bridgehead atoms. The van der Waals surface area contributed by atoms with Crippen LogP contribution in [0.2, 0.25) is 0 Å². The molecule has 3 nitrogen and oxygen atoms in total. The van der Waals surface area contributed by atoms with E-state index in [4.69, 9.17) is 4.74 Å². The third kappa shape index (κ3) is 2.93. The van der Waals surface area contributed by atoms with Gasteiger partial charge in [-0.15, -0.1) is 0 Å². The molecule has 3 rings (SSSR count). The third-order valence-corrected chi connectivity index (χ3v) is 4.28. The predicted octanol–water partition coefficient (Wildman–Crippen LogP) is 2.24. The van der Waals surface area contributed by atoms with Crippen LogP contribution in [-0.2, 0) is 0 Å². The molecule has 1 saturated heterocycles. The molecule has 3 heteroatoms. The third-order valence-electron chi connectivity index (χ3n) is 4.28. The number of hydrogen-bond donors (Lipinski definition) is 1. The number of rotatable bonds is 4. The zero-order valence-corrected chi connectivity index (χ0v) is 11.8. The number of fused-ring (bicyclic) bond motifs is 1. The normalized spacial score (nSPS) is 27.0. The molecule has 2 unspecified atom stereocenters. The van der Waals surface area contributed by atoms with Gasteiger partial charge in [-0.2, -0.15) is 0 Å². The average Bonchev–Trinajstić information content (AvgIpc) is 2.83. The van der Waals surface area contributed by atoms with Crippen LogP contribution in [0.1, 0.15) is 31.2 Å². The number of nitrogens with one attached hydrogen (secondary N) is 1. The minimum absolute atomic E-state index is 0.552. The van der Waals surface area contributed by atoms with Crippen LogP contribution in [-0.4, -0.2) is 43.7 Å². The highest BCUT2D eigenvalue weighted by atomic mass is 16.5. The number of likely N-dealkylation sites (tertiary alicyclic amines) is 1. The predicted molar refractivity (Wildman–Crippen MR) is 77.8 cm³/mol. The van der Waals surface area contributed by atoms with Gasteiger partial charge >= 0.3 is 0 Å². The van der Waals surface area contributed by atoms with Gasteiger partial charge in [0.1, 0.15) is 5.75 Å². The Balaban J connectivity index is 1.60. The number of ether oxygens (including phenoxy) is 1. The Labute approximate surface area is 115 Å². The molecular weight excluding hydrogens is 236 g/mol. The summed E-state index contributed by atoms with van der Waals surface area (Å²) in [5.41, 5.74) is 1.40. The summed E-state index contributed by atoms with van der Waals surface area (Å²) < 4.78 is 5.78. The lowest BCUT2D eigenvalue weighted by molar-refractivity contribution is 0.173. The molecule has 0 spiro atoms. The van der Waals surface area contributed by atoms with Gasteiger partial charge in [-0.05, 0) is 32.0 Å². The van der Waals surface area contributed by atoms with Crippen LogP contribution < -0.4 is 10.1 Å². The summed E-state index contributed by atoms with van der Waals surface area (Å²) in [5, 5.41) is 3.59. The van der Waals surface area contributed by atoms with Gasteiger partial charge < -0.3 is 15.0 Å². The number of likely N-dealkylation sites (N-methyl/N-ethyl adjacent to an activating group) is 1. The summed E-state index contributed by atoms with van der Waals surface area (Å²) in [4.78, 5) is 2.60. The molecule has 2 heterocycles. The number of piperidine rings is 1. The highest BCUT2D eigenvalue weighted by Gasteiger charge is 2.27. The molecule has 1 fully saturated rings. The highest BCUT2D eigenvalue weighted by Crippen LogP contribution is 2.34. The van der Waals surface area contributed by atoms with Crippen molar-refractivity contribution in [3.8, 4) is 5.75 Å². The van der Waals surface area contributed by atoms with Crippen LogP contribution >= 0.6 is 0 Å². The van der Waals surface area contributed by atoms with E-state index in [1.165, 1.54) is 31.5 Å². The summed E-state index contributed by atoms with van der Waals surface area (Å²) in [5.74, 6) is 1.64. The first-order valence-corrected chi connectivity index (χ1v) is 7.54. The molecule has 0 saturated carbocycles. The molecule has 0 radical (unpaired) electrons. The standard InChI is InChI=1S/C16H24N2O/c1-2-17-14-6-5-9-18(11-14)10-13-12-19-16-8-4-3-7-15(13)16/h3-4,7-8,13-14,17H,2,5-6,9-12H2,1H3. The maximum Gasteiger partial charge on any atom is 0.122 e. The first kappa shape index (κ1) is 12.9. The molecule has 1 aromatic carbocycles. The Morgan fingerprint density at radius 3 is 3.16 bits per heavy atom. The van der Waals surface area contributed by atoms with E-state index in [9.17, 15) is 0 Å². The van der Waals surface area contributed by atoms with Gasteiger partial charge in [0.25, 0.3) is 0 Å². The SMILES string of the molecule is CCNC1CCCN(CC2COc3ccccc32)C1.